The Kier molecular flexibility index (Phi) is 4.99. The highest BCUT2D eigenvalue weighted by Crippen LogP contribution is 2.42. The van der Waals surface area contributed by atoms with Gasteiger partial charge in [0.1, 0.15) is 10.8 Å². The van der Waals surface area contributed by atoms with Gasteiger partial charge in [-0.15, -0.1) is 23.7 Å². The first-order valence-corrected chi connectivity index (χ1v) is 7.73. The van der Waals surface area contributed by atoms with E-state index in [2.05, 4.69) is 21.2 Å². The van der Waals surface area contributed by atoms with E-state index in [1.165, 1.54) is 23.5 Å². The van der Waals surface area contributed by atoms with E-state index in [0.29, 0.717) is 10.7 Å². The Balaban J connectivity index is 0.00000161. The molecule has 7 heteroatoms. The molecular weight excluding hydrogens is 398 g/mol. The van der Waals surface area contributed by atoms with Crippen LogP contribution in [0.4, 0.5) is 20.8 Å². The Morgan fingerprint density at radius 3 is 2.71 bits per heavy atom. The van der Waals surface area contributed by atoms with E-state index in [0.717, 1.165) is 20.2 Å². The number of nitrogen functional groups attached to an aromatic ring is 1. The molecule has 3 rings (SSSR count). The van der Waals surface area contributed by atoms with Crippen molar-refractivity contribution in [2.24, 2.45) is 0 Å². The first-order chi connectivity index (χ1) is 9.56. The topological polar surface area (TPSA) is 38.0 Å². The van der Waals surface area contributed by atoms with Gasteiger partial charge in [0.05, 0.1) is 15.4 Å². The van der Waals surface area contributed by atoms with Gasteiger partial charge in [-0.2, -0.15) is 0 Å². The number of anilines is 3. The largest absolute Gasteiger partial charge is 0.389 e. The smallest absolute Gasteiger partial charge is 0.141 e. The van der Waals surface area contributed by atoms with E-state index < -0.39 is 5.82 Å². The molecule has 0 saturated carbocycles. The van der Waals surface area contributed by atoms with E-state index in [1.54, 1.807) is 6.07 Å². The van der Waals surface area contributed by atoms with E-state index in [9.17, 15) is 4.39 Å². The molecule has 3 N–H and O–H groups in total. The highest BCUT2D eigenvalue weighted by atomic mass is 79.9. The fraction of sp³-hybridized carbons (Fsp3) is 0. The van der Waals surface area contributed by atoms with Crippen LogP contribution in [0.2, 0.25) is 5.02 Å². The molecule has 1 aromatic heterocycles. The molecule has 0 atom stereocenters. The molecule has 0 amide bonds. The molecule has 0 aliphatic carbocycles. The number of rotatable bonds is 2. The SMILES string of the molecule is Cl.Nc1sc2c(Br)cccc2c1Nc1ccc(F)c(Cl)c1. The standard InChI is InChI=1S/C14H9BrClFN2S.ClH/c15-9-3-1-2-8-12(14(18)20-13(8)9)19-7-4-5-11(17)10(16)6-7;/h1-6,19H,18H2;1H. The average Bonchev–Trinajstić information content (AvgIpc) is 2.73. The summed E-state index contributed by atoms with van der Waals surface area (Å²) in [5.41, 5.74) is 7.58. The van der Waals surface area contributed by atoms with Crippen LogP contribution in [0.15, 0.2) is 40.9 Å². The highest BCUT2D eigenvalue weighted by Gasteiger charge is 2.12. The number of hydrogen-bond donors (Lipinski definition) is 2. The fourth-order valence-electron chi connectivity index (χ4n) is 1.95. The number of benzene rings is 2. The van der Waals surface area contributed by atoms with Crippen molar-refractivity contribution in [2.75, 3.05) is 11.1 Å². The Hall–Kier alpha value is -1.01. The lowest BCUT2D eigenvalue weighted by Gasteiger charge is -2.07. The maximum Gasteiger partial charge on any atom is 0.141 e. The second kappa shape index (κ2) is 6.40. The number of thiophene rings is 1. The Morgan fingerprint density at radius 2 is 2.00 bits per heavy atom. The summed E-state index contributed by atoms with van der Waals surface area (Å²) < 4.78 is 15.2. The third-order valence-corrected chi connectivity index (χ3v) is 5.16. The van der Waals surface area contributed by atoms with E-state index in [-0.39, 0.29) is 17.4 Å². The average molecular weight is 408 g/mol. The zero-order valence-electron chi connectivity index (χ0n) is 10.5. The number of nitrogens with one attached hydrogen (secondary N) is 1. The van der Waals surface area contributed by atoms with E-state index in [4.69, 9.17) is 17.3 Å². The van der Waals surface area contributed by atoms with Gasteiger partial charge < -0.3 is 11.1 Å². The molecule has 21 heavy (non-hydrogen) atoms. The van der Waals surface area contributed by atoms with Gasteiger partial charge in [0.25, 0.3) is 0 Å². The zero-order chi connectivity index (χ0) is 14.3. The maximum absolute atomic E-state index is 13.2. The van der Waals surface area contributed by atoms with E-state index in [1.807, 2.05) is 18.2 Å². The van der Waals surface area contributed by atoms with Crippen LogP contribution in [0, 0.1) is 5.82 Å². The Labute approximate surface area is 144 Å². The number of hydrogen-bond acceptors (Lipinski definition) is 3. The zero-order valence-corrected chi connectivity index (χ0v) is 14.5. The van der Waals surface area contributed by atoms with Crippen LogP contribution >= 0.6 is 51.3 Å². The highest BCUT2D eigenvalue weighted by molar-refractivity contribution is 9.10. The summed E-state index contributed by atoms with van der Waals surface area (Å²) >= 11 is 10.8. The molecule has 2 nitrogen and oxygen atoms in total. The van der Waals surface area contributed by atoms with Gasteiger partial charge >= 0.3 is 0 Å². The Bertz CT molecular complexity index is 807. The summed E-state index contributed by atoms with van der Waals surface area (Å²) in [5.74, 6) is -0.442. The van der Waals surface area contributed by atoms with Crippen molar-refractivity contribution in [2.45, 2.75) is 0 Å². The molecule has 0 saturated heterocycles. The molecule has 1 heterocycles. The normalized spacial score (nSPS) is 10.4. The van der Waals surface area contributed by atoms with Crippen LogP contribution in [0.5, 0.6) is 0 Å². The third kappa shape index (κ3) is 3.11. The number of halogens is 4. The van der Waals surface area contributed by atoms with Crippen molar-refractivity contribution < 1.29 is 4.39 Å². The minimum absolute atomic E-state index is 0. The predicted molar refractivity (Wildman–Crippen MR) is 95.9 cm³/mol. The van der Waals surface area contributed by atoms with Crippen LogP contribution in [0.3, 0.4) is 0 Å². The molecule has 0 fully saturated rings. The molecular formula is C14H10BrCl2FN2S. The van der Waals surface area contributed by atoms with Crippen molar-refractivity contribution in [1.82, 2.24) is 0 Å². The monoisotopic (exact) mass is 406 g/mol. The van der Waals surface area contributed by atoms with Crippen molar-refractivity contribution in [3.8, 4) is 0 Å². The molecule has 0 bridgehead atoms. The van der Waals surface area contributed by atoms with Gasteiger partial charge in [-0.3, -0.25) is 0 Å². The summed E-state index contributed by atoms with van der Waals surface area (Å²) in [6.07, 6.45) is 0. The molecule has 0 radical (unpaired) electrons. The van der Waals surface area contributed by atoms with Gasteiger partial charge in [0, 0.05) is 15.5 Å². The lowest BCUT2D eigenvalue weighted by Crippen LogP contribution is -1.93. The first-order valence-electron chi connectivity index (χ1n) is 5.75. The lowest BCUT2D eigenvalue weighted by molar-refractivity contribution is 0.628. The van der Waals surface area contributed by atoms with Crippen LogP contribution in [-0.2, 0) is 0 Å². The van der Waals surface area contributed by atoms with E-state index >= 15 is 0 Å². The quantitative estimate of drug-likeness (QED) is 0.530. The molecule has 0 aliphatic heterocycles. The van der Waals surface area contributed by atoms with Crippen molar-refractivity contribution >= 4 is 77.7 Å². The maximum atomic E-state index is 13.2. The minimum Gasteiger partial charge on any atom is -0.389 e. The predicted octanol–water partition coefficient (Wildman–Crippen LogP) is 6.20. The van der Waals surface area contributed by atoms with Gasteiger partial charge in [0.15, 0.2) is 0 Å². The minimum atomic E-state index is -0.442. The van der Waals surface area contributed by atoms with Gasteiger partial charge in [-0.25, -0.2) is 4.39 Å². The summed E-state index contributed by atoms with van der Waals surface area (Å²) in [6.45, 7) is 0. The van der Waals surface area contributed by atoms with Crippen LogP contribution in [0.1, 0.15) is 0 Å². The summed E-state index contributed by atoms with van der Waals surface area (Å²) in [5, 5.41) is 4.97. The van der Waals surface area contributed by atoms with Crippen LogP contribution in [-0.4, -0.2) is 0 Å². The molecule has 3 aromatic rings. The second-order valence-corrected chi connectivity index (χ2v) is 6.53. The van der Waals surface area contributed by atoms with Gasteiger partial charge in [-0.05, 0) is 40.2 Å². The summed E-state index contributed by atoms with van der Waals surface area (Å²) in [6, 6.07) is 10.4. The summed E-state index contributed by atoms with van der Waals surface area (Å²) in [4.78, 5) is 0. The molecule has 110 valence electrons. The lowest BCUT2D eigenvalue weighted by atomic mass is 10.2. The molecule has 0 spiro atoms. The second-order valence-electron chi connectivity index (χ2n) is 4.21. The van der Waals surface area contributed by atoms with Gasteiger partial charge in [0.2, 0.25) is 0 Å². The van der Waals surface area contributed by atoms with Crippen LogP contribution in [0.25, 0.3) is 10.1 Å². The molecule has 2 aromatic carbocycles. The molecule has 0 unspecified atom stereocenters. The fourth-order valence-corrected chi connectivity index (χ4v) is 3.67. The first kappa shape index (κ1) is 16.4. The molecule has 0 aliphatic rings. The number of fused-ring (bicyclic) bond motifs is 1. The Morgan fingerprint density at radius 1 is 1.24 bits per heavy atom. The van der Waals surface area contributed by atoms with Crippen molar-refractivity contribution in [1.29, 1.82) is 0 Å². The van der Waals surface area contributed by atoms with Crippen molar-refractivity contribution in [3.63, 3.8) is 0 Å². The number of nitrogens with two attached hydrogens (primary N) is 1. The van der Waals surface area contributed by atoms with Gasteiger partial charge in [-0.1, -0.05) is 23.7 Å². The third-order valence-electron chi connectivity index (χ3n) is 2.88. The summed E-state index contributed by atoms with van der Waals surface area (Å²) in [7, 11) is 0. The van der Waals surface area contributed by atoms with Crippen LogP contribution < -0.4 is 11.1 Å². The van der Waals surface area contributed by atoms with Crippen molar-refractivity contribution in [3.05, 3.63) is 51.7 Å².